The van der Waals surface area contributed by atoms with E-state index in [-0.39, 0.29) is 11.4 Å². The number of rotatable bonds is 4. The van der Waals surface area contributed by atoms with Crippen molar-refractivity contribution in [2.45, 2.75) is 33.1 Å². The van der Waals surface area contributed by atoms with Crippen LogP contribution in [-0.2, 0) is 5.41 Å². The van der Waals surface area contributed by atoms with E-state index >= 15 is 0 Å². The highest BCUT2D eigenvalue weighted by Gasteiger charge is 2.22. The van der Waals surface area contributed by atoms with Gasteiger partial charge in [0.15, 0.2) is 11.6 Å². The fraction of sp³-hybridized carbons (Fsp3) is 0.360. The van der Waals surface area contributed by atoms with Crippen LogP contribution < -0.4 is 15.5 Å². The Labute approximate surface area is 195 Å². The molecule has 1 fully saturated rings. The monoisotopic (exact) mass is 445 g/mol. The largest absolute Gasteiger partial charge is 0.352 e. The number of piperazine rings is 1. The molecule has 0 aliphatic carbocycles. The van der Waals surface area contributed by atoms with Crippen LogP contribution in [0.4, 0.5) is 27.9 Å². The van der Waals surface area contributed by atoms with Crippen LogP contribution in [0, 0.1) is 6.92 Å². The lowest BCUT2D eigenvalue weighted by Gasteiger charge is -2.35. The molecule has 2 amide bonds. The van der Waals surface area contributed by atoms with E-state index in [9.17, 15) is 4.79 Å². The Morgan fingerprint density at radius 3 is 2.21 bits per heavy atom. The summed E-state index contributed by atoms with van der Waals surface area (Å²) in [5.41, 5.74) is 3.08. The quantitative estimate of drug-likeness (QED) is 0.612. The zero-order valence-corrected chi connectivity index (χ0v) is 19.7. The van der Waals surface area contributed by atoms with Crippen LogP contribution in [0.2, 0.25) is 0 Å². The van der Waals surface area contributed by atoms with E-state index < -0.39 is 0 Å². The van der Waals surface area contributed by atoms with Gasteiger partial charge < -0.3 is 20.4 Å². The van der Waals surface area contributed by atoms with Gasteiger partial charge in [0, 0.05) is 37.6 Å². The SMILES string of the molecule is Cc1cccc(Nc2ccc(N3CCN(C(=O)Nc4ccc(C(C)(C)C)cc4)CC3)nn2)n1. The van der Waals surface area contributed by atoms with Crippen LogP contribution in [-0.4, -0.2) is 52.3 Å². The number of aryl methyl sites for hydroxylation is 1. The van der Waals surface area contributed by atoms with Gasteiger partial charge in [0.25, 0.3) is 0 Å². The molecule has 0 atom stereocenters. The molecule has 4 rings (SSSR count). The van der Waals surface area contributed by atoms with Gasteiger partial charge in [-0.15, -0.1) is 10.2 Å². The minimum Gasteiger partial charge on any atom is -0.352 e. The first-order chi connectivity index (χ1) is 15.8. The van der Waals surface area contributed by atoms with Crippen LogP contribution in [0.3, 0.4) is 0 Å². The summed E-state index contributed by atoms with van der Waals surface area (Å²) >= 11 is 0. The van der Waals surface area contributed by atoms with E-state index in [0.717, 1.165) is 23.0 Å². The average Bonchev–Trinajstić information content (AvgIpc) is 2.79. The Hall–Kier alpha value is -3.68. The van der Waals surface area contributed by atoms with Crippen LogP contribution in [0.1, 0.15) is 32.0 Å². The molecule has 0 spiro atoms. The second kappa shape index (κ2) is 9.44. The first-order valence-corrected chi connectivity index (χ1v) is 11.2. The van der Waals surface area contributed by atoms with E-state index in [4.69, 9.17) is 0 Å². The summed E-state index contributed by atoms with van der Waals surface area (Å²) in [6, 6.07) is 17.6. The van der Waals surface area contributed by atoms with Crippen molar-refractivity contribution in [2.24, 2.45) is 0 Å². The number of carbonyl (C=O) groups is 1. The third-order valence-electron chi connectivity index (χ3n) is 5.69. The second-order valence-corrected chi connectivity index (χ2v) is 9.30. The number of carbonyl (C=O) groups excluding carboxylic acids is 1. The first-order valence-electron chi connectivity index (χ1n) is 11.2. The second-order valence-electron chi connectivity index (χ2n) is 9.30. The van der Waals surface area contributed by atoms with Gasteiger partial charge in [0.2, 0.25) is 0 Å². The van der Waals surface area contributed by atoms with Crippen molar-refractivity contribution >= 4 is 29.2 Å². The van der Waals surface area contributed by atoms with E-state index in [1.54, 1.807) is 0 Å². The molecule has 172 valence electrons. The van der Waals surface area contributed by atoms with Gasteiger partial charge in [-0.05, 0) is 54.3 Å². The molecule has 1 aliphatic heterocycles. The first kappa shape index (κ1) is 22.5. The van der Waals surface area contributed by atoms with Crippen molar-refractivity contribution in [1.29, 1.82) is 0 Å². The molecule has 2 N–H and O–H groups in total. The lowest BCUT2D eigenvalue weighted by Crippen LogP contribution is -2.50. The number of aromatic nitrogens is 3. The molecule has 8 nitrogen and oxygen atoms in total. The number of hydrogen-bond acceptors (Lipinski definition) is 6. The summed E-state index contributed by atoms with van der Waals surface area (Å²) in [6.07, 6.45) is 0. The van der Waals surface area contributed by atoms with Gasteiger partial charge in [-0.3, -0.25) is 0 Å². The molecule has 0 bridgehead atoms. The zero-order chi connectivity index (χ0) is 23.4. The molecule has 33 heavy (non-hydrogen) atoms. The Bertz CT molecular complexity index is 1080. The normalized spacial score (nSPS) is 14.2. The van der Waals surface area contributed by atoms with Crippen LogP contribution in [0.5, 0.6) is 0 Å². The summed E-state index contributed by atoms with van der Waals surface area (Å²) in [5, 5.41) is 14.8. The highest BCUT2D eigenvalue weighted by molar-refractivity contribution is 5.89. The van der Waals surface area contributed by atoms with Crippen molar-refractivity contribution in [3.05, 3.63) is 65.9 Å². The molecule has 8 heteroatoms. The standard InChI is InChI=1S/C25H31N7O/c1-18-6-5-7-21(26-18)28-22-12-13-23(30-29-22)31-14-16-32(17-15-31)24(33)27-20-10-8-19(9-11-20)25(2,3)4/h5-13H,14-17H2,1-4H3,(H,27,33)(H,26,28,29). The topological polar surface area (TPSA) is 86.3 Å². The van der Waals surface area contributed by atoms with Gasteiger partial charge in [-0.1, -0.05) is 39.0 Å². The molecular weight excluding hydrogens is 414 g/mol. The van der Waals surface area contributed by atoms with E-state index in [1.165, 1.54) is 5.56 Å². The average molecular weight is 446 g/mol. The maximum absolute atomic E-state index is 12.7. The van der Waals surface area contributed by atoms with E-state index in [2.05, 4.69) is 63.6 Å². The lowest BCUT2D eigenvalue weighted by atomic mass is 9.87. The van der Waals surface area contributed by atoms with Gasteiger partial charge >= 0.3 is 6.03 Å². The number of benzene rings is 1. The smallest absolute Gasteiger partial charge is 0.321 e. The molecule has 1 saturated heterocycles. The van der Waals surface area contributed by atoms with Crippen molar-refractivity contribution in [3.63, 3.8) is 0 Å². The number of urea groups is 1. The molecule has 0 radical (unpaired) electrons. The minimum atomic E-state index is -0.0746. The molecule has 1 aliphatic rings. The number of nitrogens with one attached hydrogen (secondary N) is 2. The minimum absolute atomic E-state index is 0.0746. The molecule has 3 aromatic rings. The van der Waals surface area contributed by atoms with Gasteiger partial charge in [-0.25, -0.2) is 9.78 Å². The molecule has 3 heterocycles. The summed E-state index contributed by atoms with van der Waals surface area (Å²) in [7, 11) is 0. The summed E-state index contributed by atoms with van der Waals surface area (Å²) in [6.45, 7) is 11.1. The molecular formula is C25H31N7O. The van der Waals surface area contributed by atoms with Crippen molar-refractivity contribution < 1.29 is 4.79 Å². The van der Waals surface area contributed by atoms with Crippen LogP contribution in [0.25, 0.3) is 0 Å². The maximum Gasteiger partial charge on any atom is 0.321 e. The highest BCUT2D eigenvalue weighted by Crippen LogP contribution is 2.24. The van der Waals surface area contributed by atoms with Crippen LogP contribution in [0.15, 0.2) is 54.6 Å². The number of amides is 2. The Morgan fingerprint density at radius 1 is 0.879 bits per heavy atom. The third-order valence-corrected chi connectivity index (χ3v) is 5.69. The highest BCUT2D eigenvalue weighted by atomic mass is 16.2. The van der Waals surface area contributed by atoms with Gasteiger partial charge in [0.1, 0.15) is 5.82 Å². The Balaban J connectivity index is 1.29. The van der Waals surface area contributed by atoms with Gasteiger partial charge in [-0.2, -0.15) is 0 Å². The van der Waals surface area contributed by atoms with Crippen LogP contribution >= 0.6 is 0 Å². The predicted octanol–water partition coefficient (Wildman–Crippen LogP) is 4.58. The summed E-state index contributed by atoms with van der Waals surface area (Å²) < 4.78 is 0. The number of pyridine rings is 1. The number of anilines is 4. The fourth-order valence-electron chi connectivity index (χ4n) is 3.70. The van der Waals surface area contributed by atoms with Crippen molar-refractivity contribution in [3.8, 4) is 0 Å². The Kier molecular flexibility index (Phi) is 6.44. The van der Waals surface area contributed by atoms with Crippen molar-refractivity contribution in [1.82, 2.24) is 20.1 Å². The Morgan fingerprint density at radius 2 is 1.61 bits per heavy atom. The van der Waals surface area contributed by atoms with E-state index in [0.29, 0.717) is 32.0 Å². The van der Waals surface area contributed by atoms with Crippen molar-refractivity contribution in [2.75, 3.05) is 41.7 Å². The van der Waals surface area contributed by atoms with Gasteiger partial charge in [0.05, 0.1) is 0 Å². The van der Waals surface area contributed by atoms with E-state index in [1.807, 2.05) is 54.3 Å². The zero-order valence-electron chi connectivity index (χ0n) is 19.7. The fourth-order valence-corrected chi connectivity index (χ4v) is 3.70. The molecule has 0 saturated carbocycles. The molecule has 0 unspecified atom stereocenters. The molecule has 2 aromatic heterocycles. The number of hydrogen-bond donors (Lipinski definition) is 2. The predicted molar refractivity (Wildman–Crippen MR) is 132 cm³/mol. The maximum atomic E-state index is 12.7. The third kappa shape index (κ3) is 5.77. The number of nitrogens with zero attached hydrogens (tertiary/aromatic N) is 5. The summed E-state index contributed by atoms with van der Waals surface area (Å²) in [4.78, 5) is 21.1. The molecule has 1 aromatic carbocycles. The lowest BCUT2D eigenvalue weighted by molar-refractivity contribution is 0.208. The summed E-state index contributed by atoms with van der Waals surface area (Å²) in [5.74, 6) is 2.19.